The second kappa shape index (κ2) is 10.5. The highest BCUT2D eigenvalue weighted by atomic mass is 16.5. The first kappa shape index (κ1) is 28.7. The first-order valence-corrected chi connectivity index (χ1v) is 15.1. The standard InChI is InChI=1S/C32H46O7/c1-19(2)29(37)38-18-27(36)32(39-17-20-8-6-5-7-9-20)26(35)15-24-23-11-10-21-14-22(33)12-13-30(21,3)28(23)25(34)16-31(24,32)4/h12-14,19-20,23-26,28,34-35H,5-11,15-18H2,1-4H3/t23-,24-,25-,26+,28+,30-,31-,32-/m0/s1. The van der Waals surface area contributed by atoms with Gasteiger partial charge in [-0.15, -0.1) is 0 Å². The van der Waals surface area contributed by atoms with Gasteiger partial charge in [0, 0.05) is 16.7 Å². The third-order valence-electron chi connectivity index (χ3n) is 11.2. The summed E-state index contributed by atoms with van der Waals surface area (Å²) in [5.74, 6) is -1.03. The lowest BCUT2D eigenvalue weighted by Crippen LogP contribution is -2.65. The number of carbonyl (C=O) groups is 3. The summed E-state index contributed by atoms with van der Waals surface area (Å²) in [7, 11) is 0. The van der Waals surface area contributed by atoms with Crippen molar-refractivity contribution in [3.63, 3.8) is 0 Å². The number of aliphatic hydroxyl groups excluding tert-OH is 2. The molecule has 0 aromatic carbocycles. The van der Waals surface area contributed by atoms with Gasteiger partial charge in [0.2, 0.25) is 5.78 Å². The van der Waals surface area contributed by atoms with Gasteiger partial charge in [0.25, 0.3) is 0 Å². The minimum absolute atomic E-state index is 0.0102. The highest BCUT2D eigenvalue weighted by Crippen LogP contribution is 2.68. The monoisotopic (exact) mass is 542 g/mol. The Hall–Kier alpha value is -1.83. The number of ether oxygens (including phenoxy) is 2. The van der Waals surface area contributed by atoms with Gasteiger partial charge in [-0.25, -0.2) is 0 Å². The molecule has 4 fully saturated rings. The van der Waals surface area contributed by atoms with Gasteiger partial charge >= 0.3 is 5.97 Å². The maximum Gasteiger partial charge on any atom is 0.308 e. The molecule has 216 valence electrons. The molecule has 2 N–H and O–H groups in total. The fourth-order valence-corrected chi connectivity index (χ4v) is 9.18. The molecule has 0 aromatic heterocycles. The Kier molecular flexibility index (Phi) is 7.75. The van der Waals surface area contributed by atoms with E-state index in [2.05, 4.69) is 6.92 Å². The van der Waals surface area contributed by atoms with Gasteiger partial charge in [0.15, 0.2) is 18.0 Å². The molecule has 7 heteroatoms. The molecular weight excluding hydrogens is 496 g/mol. The van der Waals surface area contributed by atoms with Crippen LogP contribution in [0.25, 0.3) is 0 Å². The summed E-state index contributed by atoms with van der Waals surface area (Å²) in [6.07, 6.45) is 11.3. The first-order chi connectivity index (χ1) is 18.4. The number of allylic oxidation sites excluding steroid dienone is 4. The van der Waals surface area contributed by atoms with Crippen molar-refractivity contribution in [2.75, 3.05) is 13.2 Å². The molecular formula is C32H46O7. The molecule has 0 unspecified atom stereocenters. The van der Waals surface area contributed by atoms with Crippen LogP contribution in [0.4, 0.5) is 0 Å². The molecule has 0 spiro atoms. The van der Waals surface area contributed by atoms with Gasteiger partial charge < -0.3 is 19.7 Å². The van der Waals surface area contributed by atoms with E-state index in [-0.39, 0.29) is 29.5 Å². The third-order valence-corrected chi connectivity index (χ3v) is 11.2. The average molecular weight is 543 g/mol. The van der Waals surface area contributed by atoms with E-state index < -0.39 is 47.0 Å². The summed E-state index contributed by atoms with van der Waals surface area (Å²) in [5.41, 5.74) is -1.75. The van der Waals surface area contributed by atoms with Crippen LogP contribution < -0.4 is 0 Å². The zero-order valence-electron chi connectivity index (χ0n) is 24.0. The molecule has 8 atom stereocenters. The van der Waals surface area contributed by atoms with Crippen molar-refractivity contribution in [1.82, 2.24) is 0 Å². The van der Waals surface area contributed by atoms with Gasteiger partial charge in [-0.3, -0.25) is 14.4 Å². The number of hydrogen-bond donors (Lipinski definition) is 2. The van der Waals surface area contributed by atoms with E-state index in [1.54, 1.807) is 26.0 Å². The van der Waals surface area contributed by atoms with Crippen LogP contribution in [0, 0.1) is 40.4 Å². The number of aliphatic hydroxyl groups is 2. The van der Waals surface area contributed by atoms with Crippen molar-refractivity contribution in [2.45, 2.75) is 103 Å². The number of esters is 1. The van der Waals surface area contributed by atoms with Gasteiger partial charge in [0.05, 0.1) is 24.7 Å². The fourth-order valence-electron chi connectivity index (χ4n) is 9.18. The Morgan fingerprint density at radius 1 is 1.10 bits per heavy atom. The molecule has 39 heavy (non-hydrogen) atoms. The summed E-state index contributed by atoms with van der Waals surface area (Å²) in [4.78, 5) is 38.6. The molecule has 4 saturated carbocycles. The van der Waals surface area contributed by atoms with E-state index >= 15 is 0 Å². The molecule has 0 radical (unpaired) electrons. The molecule has 0 aliphatic heterocycles. The van der Waals surface area contributed by atoms with Crippen LogP contribution in [0.2, 0.25) is 0 Å². The number of carbonyl (C=O) groups excluding carboxylic acids is 3. The second-order valence-electron chi connectivity index (χ2n) is 13.7. The van der Waals surface area contributed by atoms with E-state index in [4.69, 9.17) is 9.47 Å². The Morgan fingerprint density at radius 2 is 1.82 bits per heavy atom. The quantitative estimate of drug-likeness (QED) is 0.461. The van der Waals surface area contributed by atoms with Crippen molar-refractivity contribution in [2.24, 2.45) is 40.4 Å². The molecule has 0 aromatic rings. The second-order valence-corrected chi connectivity index (χ2v) is 13.7. The van der Waals surface area contributed by atoms with Crippen LogP contribution in [0.15, 0.2) is 23.8 Å². The molecule has 7 nitrogen and oxygen atoms in total. The Bertz CT molecular complexity index is 1050. The normalized spacial score (nSPS) is 42.0. The van der Waals surface area contributed by atoms with Crippen LogP contribution in [0.3, 0.4) is 0 Å². The molecule has 0 amide bonds. The van der Waals surface area contributed by atoms with Gasteiger partial charge in [-0.2, -0.15) is 0 Å². The van der Waals surface area contributed by atoms with E-state index in [1.807, 2.05) is 13.0 Å². The topological polar surface area (TPSA) is 110 Å². The number of fused-ring (bicyclic) bond motifs is 5. The molecule has 5 aliphatic rings. The number of rotatable bonds is 7. The maximum atomic E-state index is 14.1. The summed E-state index contributed by atoms with van der Waals surface area (Å²) < 4.78 is 12.1. The van der Waals surface area contributed by atoms with Crippen LogP contribution >= 0.6 is 0 Å². The van der Waals surface area contributed by atoms with Crippen molar-refractivity contribution in [1.29, 1.82) is 0 Å². The van der Waals surface area contributed by atoms with Gasteiger partial charge in [0.1, 0.15) is 0 Å². The highest BCUT2D eigenvalue weighted by molar-refractivity contribution is 6.01. The maximum absolute atomic E-state index is 14.1. The van der Waals surface area contributed by atoms with E-state index in [1.165, 1.54) is 6.42 Å². The van der Waals surface area contributed by atoms with Crippen LogP contribution in [-0.2, 0) is 23.9 Å². The summed E-state index contributed by atoms with van der Waals surface area (Å²) in [5, 5.41) is 23.6. The minimum Gasteiger partial charge on any atom is -0.457 e. The lowest BCUT2D eigenvalue weighted by molar-refractivity contribution is -0.212. The zero-order valence-corrected chi connectivity index (χ0v) is 24.0. The van der Waals surface area contributed by atoms with E-state index in [0.29, 0.717) is 25.4 Å². The van der Waals surface area contributed by atoms with Gasteiger partial charge in [-0.05, 0) is 68.4 Å². The third kappa shape index (κ3) is 4.57. The zero-order chi connectivity index (χ0) is 28.2. The molecule has 5 aliphatic carbocycles. The average Bonchev–Trinajstić information content (AvgIpc) is 3.12. The van der Waals surface area contributed by atoms with E-state index in [0.717, 1.165) is 44.1 Å². The summed E-state index contributed by atoms with van der Waals surface area (Å²) >= 11 is 0. The van der Waals surface area contributed by atoms with Crippen LogP contribution in [0.5, 0.6) is 0 Å². The molecule has 0 saturated heterocycles. The molecule has 0 bridgehead atoms. The fraction of sp³-hybridized carbons (Fsp3) is 0.781. The Labute approximate surface area is 232 Å². The first-order valence-electron chi connectivity index (χ1n) is 15.1. The van der Waals surface area contributed by atoms with E-state index in [9.17, 15) is 24.6 Å². The van der Waals surface area contributed by atoms with Crippen molar-refractivity contribution < 1.29 is 34.1 Å². The van der Waals surface area contributed by atoms with Crippen molar-refractivity contribution in [3.05, 3.63) is 23.8 Å². The SMILES string of the molecule is CC(C)C(=O)OCC(=O)[C@@]1(OCC2CCCCC2)[C@H](O)C[C@H]2[C@@H]3CCC4=CC(=O)C=C[C@]4(C)[C@H]3[C@@H](O)C[C@@]21C. The highest BCUT2D eigenvalue weighted by Gasteiger charge is 2.72. The summed E-state index contributed by atoms with van der Waals surface area (Å²) in [6, 6.07) is 0. The molecule has 5 rings (SSSR count). The summed E-state index contributed by atoms with van der Waals surface area (Å²) in [6.45, 7) is 7.50. The van der Waals surface area contributed by atoms with Crippen molar-refractivity contribution in [3.8, 4) is 0 Å². The number of Topliss-reactive ketones (excluding diaryl/α,β-unsaturated/α-hetero) is 1. The largest absolute Gasteiger partial charge is 0.457 e. The smallest absolute Gasteiger partial charge is 0.308 e. The van der Waals surface area contributed by atoms with Crippen molar-refractivity contribution >= 4 is 17.5 Å². The predicted molar refractivity (Wildman–Crippen MR) is 145 cm³/mol. The molecule has 0 heterocycles. The lowest BCUT2D eigenvalue weighted by atomic mass is 9.46. The Morgan fingerprint density at radius 3 is 2.51 bits per heavy atom. The van der Waals surface area contributed by atoms with Crippen LogP contribution in [0.1, 0.15) is 85.5 Å². The number of ketones is 2. The minimum atomic E-state index is -1.55. The number of hydrogen-bond acceptors (Lipinski definition) is 7. The van der Waals surface area contributed by atoms with Gasteiger partial charge in [-0.1, -0.05) is 58.6 Å². The van der Waals surface area contributed by atoms with Crippen LogP contribution in [-0.4, -0.2) is 58.8 Å². The predicted octanol–water partition coefficient (Wildman–Crippen LogP) is 4.34. The Balaban J connectivity index is 1.49. The lowest BCUT2D eigenvalue weighted by Gasteiger charge is -2.60.